The molecule has 0 saturated heterocycles. The molecule has 1 saturated carbocycles. The Morgan fingerprint density at radius 2 is 1.39 bits per heavy atom. The predicted molar refractivity (Wildman–Crippen MR) is 75.7 cm³/mol. The summed E-state index contributed by atoms with van der Waals surface area (Å²) in [6.07, 6.45) is 5.86. The number of aliphatic carboxylic acids is 1. The summed E-state index contributed by atoms with van der Waals surface area (Å²) < 4.78 is 0. The van der Waals surface area contributed by atoms with Gasteiger partial charge in [0.1, 0.15) is 5.78 Å². The van der Waals surface area contributed by atoms with Crippen LogP contribution in [-0.2, 0) is 9.59 Å². The Morgan fingerprint density at radius 3 is 1.56 bits per heavy atom. The van der Waals surface area contributed by atoms with Gasteiger partial charge < -0.3 is 5.11 Å². The third-order valence-electron chi connectivity index (χ3n) is 2.86. The zero-order valence-corrected chi connectivity index (χ0v) is 12.7. The van der Waals surface area contributed by atoms with E-state index in [1.807, 2.05) is 0 Å². The van der Waals surface area contributed by atoms with Crippen LogP contribution >= 0.6 is 0 Å². The first-order chi connectivity index (χ1) is 8.44. The molecular formula is C15H30O3. The van der Waals surface area contributed by atoms with Gasteiger partial charge in [0.15, 0.2) is 0 Å². The molecule has 0 aromatic heterocycles. The van der Waals surface area contributed by atoms with E-state index in [4.69, 9.17) is 5.11 Å². The van der Waals surface area contributed by atoms with Crippen LogP contribution < -0.4 is 0 Å². The molecule has 0 radical (unpaired) electrons. The standard InChI is InChI=1S/C8H12O3.C4H10.C3H8/c1-5(9)6-2-3-7(4-6)8(10)11;1-3-4-2;1-3-2/h6-7H,2-4H2,1H3,(H,10,11);3-4H2,1-2H3;3H2,1-2H3. The second-order valence-electron chi connectivity index (χ2n) is 4.86. The maximum absolute atomic E-state index is 10.8. The minimum Gasteiger partial charge on any atom is -0.481 e. The van der Waals surface area contributed by atoms with Crippen molar-refractivity contribution < 1.29 is 14.7 Å². The maximum atomic E-state index is 10.8. The van der Waals surface area contributed by atoms with Crippen molar-refractivity contribution >= 4 is 11.8 Å². The molecule has 108 valence electrons. The Kier molecular flexibility index (Phi) is 13.6. The van der Waals surface area contributed by atoms with E-state index < -0.39 is 5.97 Å². The Labute approximate surface area is 112 Å². The molecule has 1 rings (SSSR count). The van der Waals surface area contributed by atoms with E-state index in [1.54, 1.807) is 0 Å². The zero-order valence-electron chi connectivity index (χ0n) is 12.7. The van der Waals surface area contributed by atoms with Gasteiger partial charge in [-0.15, -0.1) is 0 Å². The van der Waals surface area contributed by atoms with Crippen molar-refractivity contribution in [3.8, 4) is 0 Å². The summed E-state index contributed by atoms with van der Waals surface area (Å²) >= 11 is 0. The topological polar surface area (TPSA) is 54.4 Å². The van der Waals surface area contributed by atoms with Crippen molar-refractivity contribution in [2.24, 2.45) is 11.8 Å². The second-order valence-corrected chi connectivity index (χ2v) is 4.86. The van der Waals surface area contributed by atoms with Crippen LogP contribution in [0.2, 0.25) is 0 Å². The van der Waals surface area contributed by atoms with Crippen molar-refractivity contribution in [3.63, 3.8) is 0 Å². The van der Waals surface area contributed by atoms with E-state index in [0.29, 0.717) is 12.8 Å². The van der Waals surface area contributed by atoms with Crippen LogP contribution in [0.15, 0.2) is 0 Å². The highest BCUT2D eigenvalue weighted by atomic mass is 16.4. The number of rotatable bonds is 3. The summed E-state index contributed by atoms with van der Waals surface area (Å²) in [7, 11) is 0. The van der Waals surface area contributed by atoms with Gasteiger partial charge in [0.05, 0.1) is 5.92 Å². The van der Waals surface area contributed by atoms with Crippen LogP contribution in [0, 0.1) is 11.8 Å². The molecule has 0 spiro atoms. The van der Waals surface area contributed by atoms with Crippen molar-refractivity contribution in [3.05, 3.63) is 0 Å². The molecule has 0 aliphatic heterocycles. The molecule has 0 amide bonds. The average molecular weight is 258 g/mol. The number of hydrogen-bond acceptors (Lipinski definition) is 2. The summed E-state index contributed by atoms with van der Waals surface area (Å²) in [5.41, 5.74) is 0. The van der Waals surface area contributed by atoms with Gasteiger partial charge in [-0.05, 0) is 26.2 Å². The highest BCUT2D eigenvalue weighted by Crippen LogP contribution is 2.31. The molecule has 1 aliphatic rings. The Morgan fingerprint density at radius 1 is 1.00 bits per heavy atom. The first kappa shape index (κ1) is 19.5. The largest absolute Gasteiger partial charge is 0.481 e. The van der Waals surface area contributed by atoms with Gasteiger partial charge in [0, 0.05) is 5.92 Å². The fraction of sp³-hybridized carbons (Fsp3) is 0.867. The van der Waals surface area contributed by atoms with Crippen LogP contribution in [0.1, 0.15) is 73.1 Å². The number of Topliss-reactive ketones (excluding diaryl/α,β-unsaturated/α-hetero) is 1. The Balaban J connectivity index is 0. The summed E-state index contributed by atoms with van der Waals surface area (Å²) in [5.74, 6) is -0.887. The van der Waals surface area contributed by atoms with Gasteiger partial charge in [-0.2, -0.15) is 0 Å². The fourth-order valence-electron chi connectivity index (χ4n) is 1.58. The molecule has 1 fully saturated rings. The molecule has 0 aromatic carbocycles. The normalized spacial score (nSPS) is 21.2. The highest BCUT2D eigenvalue weighted by molar-refractivity contribution is 5.80. The van der Waals surface area contributed by atoms with Crippen LogP contribution in [0.5, 0.6) is 0 Å². The lowest BCUT2D eigenvalue weighted by Gasteiger charge is -2.02. The second kappa shape index (κ2) is 12.6. The molecule has 2 unspecified atom stereocenters. The summed E-state index contributed by atoms with van der Waals surface area (Å²) in [5, 5.41) is 8.60. The molecule has 2 atom stereocenters. The minimum absolute atomic E-state index is 0.0103. The number of hydrogen-bond donors (Lipinski definition) is 1. The molecule has 3 nitrogen and oxygen atoms in total. The third kappa shape index (κ3) is 10.3. The molecule has 0 heterocycles. The van der Waals surface area contributed by atoms with E-state index in [9.17, 15) is 9.59 Å². The van der Waals surface area contributed by atoms with E-state index in [0.717, 1.165) is 6.42 Å². The first-order valence-electron chi connectivity index (χ1n) is 7.17. The van der Waals surface area contributed by atoms with E-state index in [2.05, 4.69) is 27.7 Å². The summed E-state index contributed by atoms with van der Waals surface area (Å²) in [4.78, 5) is 21.3. The minimum atomic E-state index is -0.756. The maximum Gasteiger partial charge on any atom is 0.306 e. The SMILES string of the molecule is CC(=O)C1CCC(C(=O)O)C1.CCC.CCCC. The van der Waals surface area contributed by atoms with Crippen molar-refractivity contribution in [2.45, 2.75) is 73.1 Å². The average Bonchev–Trinajstić information content (AvgIpc) is 2.80. The molecule has 3 heteroatoms. The first-order valence-corrected chi connectivity index (χ1v) is 7.17. The number of ketones is 1. The van der Waals surface area contributed by atoms with Gasteiger partial charge in [0.25, 0.3) is 0 Å². The lowest BCUT2D eigenvalue weighted by Crippen LogP contribution is -2.12. The van der Waals surface area contributed by atoms with Crippen LogP contribution in [0.3, 0.4) is 0 Å². The van der Waals surface area contributed by atoms with E-state index in [-0.39, 0.29) is 17.6 Å². The van der Waals surface area contributed by atoms with Crippen molar-refractivity contribution in [2.75, 3.05) is 0 Å². The highest BCUT2D eigenvalue weighted by Gasteiger charge is 2.31. The Hall–Kier alpha value is -0.860. The van der Waals surface area contributed by atoms with Crippen molar-refractivity contribution in [1.82, 2.24) is 0 Å². The molecule has 1 aliphatic carbocycles. The van der Waals surface area contributed by atoms with Gasteiger partial charge in [-0.3, -0.25) is 9.59 Å². The predicted octanol–water partition coefficient (Wildman–Crippen LogP) is 4.30. The van der Waals surface area contributed by atoms with Crippen LogP contribution in [0.4, 0.5) is 0 Å². The number of unbranched alkanes of at least 4 members (excludes halogenated alkanes) is 1. The number of carboxylic acids is 1. The third-order valence-corrected chi connectivity index (χ3v) is 2.86. The van der Waals surface area contributed by atoms with Gasteiger partial charge in [0.2, 0.25) is 0 Å². The summed E-state index contributed by atoms with van der Waals surface area (Å²) in [6.45, 7) is 10.1. The number of carbonyl (C=O) groups is 2. The molecule has 0 bridgehead atoms. The Bertz CT molecular complexity index is 202. The summed E-state index contributed by atoms with van der Waals surface area (Å²) in [6, 6.07) is 0. The van der Waals surface area contributed by atoms with Crippen LogP contribution in [-0.4, -0.2) is 16.9 Å². The van der Waals surface area contributed by atoms with Gasteiger partial charge in [-0.1, -0.05) is 47.0 Å². The number of carbonyl (C=O) groups excluding carboxylic acids is 1. The van der Waals surface area contributed by atoms with Crippen LogP contribution in [0.25, 0.3) is 0 Å². The van der Waals surface area contributed by atoms with E-state index >= 15 is 0 Å². The van der Waals surface area contributed by atoms with Gasteiger partial charge in [-0.25, -0.2) is 0 Å². The van der Waals surface area contributed by atoms with E-state index in [1.165, 1.54) is 26.2 Å². The molecular weight excluding hydrogens is 228 g/mol. The molecule has 0 aromatic rings. The lowest BCUT2D eigenvalue weighted by atomic mass is 10.0. The van der Waals surface area contributed by atoms with Crippen molar-refractivity contribution in [1.29, 1.82) is 0 Å². The van der Waals surface area contributed by atoms with Gasteiger partial charge >= 0.3 is 5.97 Å². The number of carboxylic acid groups (broad SMARTS) is 1. The zero-order chi connectivity index (χ0) is 14.6. The quantitative estimate of drug-likeness (QED) is 0.821. The lowest BCUT2D eigenvalue weighted by molar-refractivity contribution is -0.141. The molecule has 18 heavy (non-hydrogen) atoms. The monoisotopic (exact) mass is 258 g/mol. The molecule has 1 N–H and O–H groups in total. The fourth-order valence-corrected chi connectivity index (χ4v) is 1.58. The smallest absolute Gasteiger partial charge is 0.306 e.